The van der Waals surface area contributed by atoms with Crippen molar-refractivity contribution in [1.82, 2.24) is 4.98 Å². The van der Waals surface area contributed by atoms with Gasteiger partial charge in [0.1, 0.15) is 11.6 Å². The SMILES string of the molecule is COC(C)C(=O)Nc1ccc2oc(C(C)C)nc2c1. The number of amides is 1. The molecular weight excluding hydrogens is 244 g/mol. The molecule has 1 aromatic carbocycles. The fourth-order valence-electron chi connectivity index (χ4n) is 1.62. The molecule has 0 bridgehead atoms. The number of methoxy groups -OCH3 is 1. The lowest BCUT2D eigenvalue weighted by Crippen LogP contribution is -2.26. The second-order valence-corrected chi connectivity index (χ2v) is 4.76. The van der Waals surface area contributed by atoms with E-state index < -0.39 is 6.10 Å². The van der Waals surface area contributed by atoms with Crippen LogP contribution >= 0.6 is 0 Å². The summed E-state index contributed by atoms with van der Waals surface area (Å²) in [5.74, 6) is 0.747. The van der Waals surface area contributed by atoms with E-state index in [0.717, 1.165) is 11.1 Å². The van der Waals surface area contributed by atoms with Crippen molar-refractivity contribution in [2.24, 2.45) is 0 Å². The maximum atomic E-state index is 11.7. The molecule has 0 aliphatic heterocycles. The highest BCUT2D eigenvalue weighted by Crippen LogP contribution is 2.23. The van der Waals surface area contributed by atoms with Crippen molar-refractivity contribution >= 4 is 22.7 Å². The van der Waals surface area contributed by atoms with Crippen LogP contribution < -0.4 is 5.32 Å². The number of carbonyl (C=O) groups excluding carboxylic acids is 1. The topological polar surface area (TPSA) is 64.4 Å². The Labute approximate surface area is 112 Å². The summed E-state index contributed by atoms with van der Waals surface area (Å²) >= 11 is 0. The molecule has 0 saturated heterocycles. The lowest BCUT2D eigenvalue weighted by Gasteiger charge is -2.09. The Kier molecular flexibility index (Phi) is 3.85. The minimum absolute atomic E-state index is 0.186. The van der Waals surface area contributed by atoms with Gasteiger partial charge in [0, 0.05) is 18.7 Å². The van der Waals surface area contributed by atoms with E-state index in [-0.39, 0.29) is 11.8 Å². The summed E-state index contributed by atoms with van der Waals surface area (Å²) < 4.78 is 10.6. The van der Waals surface area contributed by atoms with Crippen molar-refractivity contribution in [3.8, 4) is 0 Å². The molecule has 1 unspecified atom stereocenters. The fraction of sp³-hybridized carbons (Fsp3) is 0.429. The summed E-state index contributed by atoms with van der Waals surface area (Å²) in [7, 11) is 1.50. The summed E-state index contributed by atoms with van der Waals surface area (Å²) in [5, 5.41) is 2.78. The zero-order valence-electron chi connectivity index (χ0n) is 11.6. The molecule has 1 aromatic heterocycles. The van der Waals surface area contributed by atoms with Crippen LogP contribution in [0.2, 0.25) is 0 Å². The molecule has 102 valence electrons. The van der Waals surface area contributed by atoms with Crippen molar-refractivity contribution in [2.45, 2.75) is 32.8 Å². The highest BCUT2D eigenvalue weighted by molar-refractivity contribution is 5.95. The molecule has 1 amide bonds. The van der Waals surface area contributed by atoms with Crippen LogP contribution in [0, 0.1) is 0 Å². The van der Waals surface area contributed by atoms with Crippen LogP contribution in [-0.4, -0.2) is 24.1 Å². The van der Waals surface area contributed by atoms with E-state index in [2.05, 4.69) is 10.3 Å². The van der Waals surface area contributed by atoms with E-state index in [1.165, 1.54) is 7.11 Å². The number of nitrogens with one attached hydrogen (secondary N) is 1. The second-order valence-electron chi connectivity index (χ2n) is 4.76. The summed E-state index contributed by atoms with van der Waals surface area (Å²) in [6.45, 7) is 5.74. The maximum Gasteiger partial charge on any atom is 0.253 e. The smallest absolute Gasteiger partial charge is 0.253 e. The van der Waals surface area contributed by atoms with Gasteiger partial charge in [-0.25, -0.2) is 4.98 Å². The van der Waals surface area contributed by atoms with Crippen LogP contribution in [0.4, 0.5) is 5.69 Å². The quantitative estimate of drug-likeness (QED) is 0.920. The molecular formula is C14H18N2O3. The first kappa shape index (κ1) is 13.5. The van der Waals surface area contributed by atoms with Gasteiger partial charge in [0.15, 0.2) is 11.5 Å². The van der Waals surface area contributed by atoms with Gasteiger partial charge in [0.05, 0.1) is 0 Å². The van der Waals surface area contributed by atoms with Gasteiger partial charge < -0.3 is 14.5 Å². The normalized spacial score (nSPS) is 12.9. The first-order valence-electron chi connectivity index (χ1n) is 6.25. The van der Waals surface area contributed by atoms with E-state index in [9.17, 15) is 4.79 Å². The molecule has 0 radical (unpaired) electrons. The predicted molar refractivity (Wildman–Crippen MR) is 73.2 cm³/mol. The first-order chi connectivity index (χ1) is 9.01. The lowest BCUT2D eigenvalue weighted by atomic mass is 10.2. The van der Waals surface area contributed by atoms with Crippen molar-refractivity contribution in [2.75, 3.05) is 12.4 Å². The number of carbonyl (C=O) groups is 1. The third-order valence-electron chi connectivity index (χ3n) is 2.89. The molecule has 0 spiro atoms. The lowest BCUT2D eigenvalue weighted by molar-refractivity contribution is -0.124. The van der Waals surface area contributed by atoms with Crippen molar-refractivity contribution in [3.63, 3.8) is 0 Å². The average Bonchev–Trinajstić information content (AvgIpc) is 2.81. The molecule has 0 fully saturated rings. The van der Waals surface area contributed by atoms with Crippen molar-refractivity contribution in [1.29, 1.82) is 0 Å². The van der Waals surface area contributed by atoms with Crippen LogP contribution in [0.5, 0.6) is 0 Å². The Morgan fingerprint density at radius 1 is 1.37 bits per heavy atom. The molecule has 2 aromatic rings. The Bertz CT molecular complexity index is 589. The zero-order chi connectivity index (χ0) is 14.0. The van der Waals surface area contributed by atoms with Gasteiger partial charge in [-0.1, -0.05) is 13.8 Å². The summed E-state index contributed by atoms with van der Waals surface area (Å²) in [4.78, 5) is 16.1. The van der Waals surface area contributed by atoms with Gasteiger partial charge in [-0.15, -0.1) is 0 Å². The number of hydrogen-bond donors (Lipinski definition) is 1. The average molecular weight is 262 g/mol. The van der Waals surface area contributed by atoms with Crippen LogP contribution in [0.15, 0.2) is 22.6 Å². The van der Waals surface area contributed by atoms with Gasteiger partial charge in [-0.2, -0.15) is 0 Å². The van der Waals surface area contributed by atoms with Gasteiger partial charge in [-0.05, 0) is 25.1 Å². The third kappa shape index (κ3) is 2.93. The van der Waals surface area contributed by atoms with E-state index in [0.29, 0.717) is 11.6 Å². The van der Waals surface area contributed by atoms with Crippen LogP contribution in [-0.2, 0) is 9.53 Å². The zero-order valence-corrected chi connectivity index (χ0v) is 11.6. The Hall–Kier alpha value is -1.88. The summed E-state index contributed by atoms with van der Waals surface area (Å²) in [6, 6.07) is 5.39. The Morgan fingerprint density at radius 2 is 2.11 bits per heavy atom. The summed E-state index contributed by atoms with van der Waals surface area (Å²) in [6.07, 6.45) is -0.487. The molecule has 0 saturated carbocycles. The second kappa shape index (κ2) is 5.40. The number of ether oxygens (including phenoxy) is 1. The Balaban J connectivity index is 2.24. The fourth-order valence-corrected chi connectivity index (χ4v) is 1.62. The number of hydrogen-bond acceptors (Lipinski definition) is 4. The number of aromatic nitrogens is 1. The van der Waals surface area contributed by atoms with Gasteiger partial charge in [-0.3, -0.25) is 4.79 Å². The predicted octanol–water partition coefficient (Wildman–Crippen LogP) is 2.92. The van der Waals surface area contributed by atoms with E-state index in [1.807, 2.05) is 13.8 Å². The van der Waals surface area contributed by atoms with Crippen molar-refractivity contribution in [3.05, 3.63) is 24.1 Å². The van der Waals surface area contributed by atoms with Crippen molar-refractivity contribution < 1.29 is 13.9 Å². The minimum atomic E-state index is -0.487. The largest absolute Gasteiger partial charge is 0.440 e. The van der Waals surface area contributed by atoms with Crippen LogP contribution in [0.25, 0.3) is 11.1 Å². The van der Waals surface area contributed by atoms with Gasteiger partial charge >= 0.3 is 0 Å². The standard InChI is InChI=1S/C14H18N2O3/c1-8(2)14-16-11-7-10(5-6-12(11)19-14)15-13(17)9(3)18-4/h5-9H,1-4H3,(H,15,17). The van der Waals surface area contributed by atoms with Crippen LogP contribution in [0.1, 0.15) is 32.6 Å². The molecule has 1 atom stereocenters. The minimum Gasteiger partial charge on any atom is -0.440 e. The van der Waals surface area contributed by atoms with E-state index in [4.69, 9.17) is 9.15 Å². The number of fused-ring (bicyclic) bond motifs is 1. The van der Waals surface area contributed by atoms with Gasteiger partial charge in [0.2, 0.25) is 0 Å². The number of nitrogens with zero attached hydrogens (tertiary/aromatic N) is 1. The summed E-state index contributed by atoms with van der Waals surface area (Å²) in [5.41, 5.74) is 2.15. The number of rotatable bonds is 4. The molecule has 1 heterocycles. The molecule has 5 nitrogen and oxygen atoms in total. The molecule has 0 aliphatic carbocycles. The number of benzene rings is 1. The molecule has 5 heteroatoms. The van der Waals surface area contributed by atoms with E-state index >= 15 is 0 Å². The molecule has 2 rings (SSSR count). The molecule has 19 heavy (non-hydrogen) atoms. The highest BCUT2D eigenvalue weighted by atomic mass is 16.5. The number of oxazole rings is 1. The third-order valence-corrected chi connectivity index (χ3v) is 2.89. The molecule has 0 aliphatic rings. The highest BCUT2D eigenvalue weighted by Gasteiger charge is 2.13. The Morgan fingerprint density at radius 3 is 2.74 bits per heavy atom. The molecule has 1 N–H and O–H groups in total. The van der Waals surface area contributed by atoms with E-state index in [1.54, 1.807) is 25.1 Å². The van der Waals surface area contributed by atoms with Gasteiger partial charge in [0.25, 0.3) is 5.91 Å². The maximum absolute atomic E-state index is 11.7. The number of anilines is 1. The first-order valence-corrected chi connectivity index (χ1v) is 6.25. The monoisotopic (exact) mass is 262 g/mol. The van der Waals surface area contributed by atoms with Crippen LogP contribution in [0.3, 0.4) is 0 Å².